The maximum absolute atomic E-state index is 5.75. The molecule has 4 heteroatoms. The minimum absolute atomic E-state index is 0.160. The Kier molecular flexibility index (Phi) is 3.30. The van der Waals surface area contributed by atoms with Crippen LogP contribution in [-0.2, 0) is 7.05 Å². The first-order valence-electron chi connectivity index (χ1n) is 6.11. The minimum atomic E-state index is 0.160. The van der Waals surface area contributed by atoms with Gasteiger partial charge in [0.25, 0.3) is 0 Å². The Labute approximate surface area is 97.2 Å². The van der Waals surface area contributed by atoms with Crippen molar-refractivity contribution < 1.29 is 0 Å². The van der Waals surface area contributed by atoms with Gasteiger partial charge < -0.3 is 4.57 Å². The van der Waals surface area contributed by atoms with Crippen LogP contribution in [0, 0.1) is 5.41 Å². The zero-order chi connectivity index (χ0) is 11.6. The van der Waals surface area contributed by atoms with Crippen LogP contribution < -0.4 is 11.3 Å². The number of nitrogens with one attached hydrogen (secondary N) is 1. The monoisotopic (exact) mass is 222 g/mol. The zero-order valence-electron chi connectivity index (χ0n) is 10.2. The Hall–Kier alpha value is -0.870. The van der Waals surface area contributed by atoms with Crippen LogP contribution in [0.4, 0.5) is 0 Å². The molecule has 1 aliphatic carbocycles. The number of aromatic nitrogens is 2. The Morgan fingerprint density at radius 1 is 1.44 bits per heavy atom. The molecular weight excluding hydrogens is 200 g/mol. The number of nitrogens with zero attached hydrogens (tertiary/aromatic N) is 2. The number of hydrogen-bond acceptors (Lipinski definition) is 3. The molecule has 0 saturated heterocycles. The Morgan fingerprint density at radius 3 is 2.62 bits per heavy atom. The average Bonchev–Trinajstić information content (AvgIpc) is 2.67. The first-order chi connectivity index (χ1) is 7.67. The van der Waals surface area contributed by atoms with Crippen molar-refractivity contribution in [3.05, 3.63) is 18.2 Å². The molecule has 1 aliphatic rings. The Balaban J connectivity index is 2.24. The van der Waals surface area contributed by atoms with Crippen molar-refractivity contribution in [2.24, 2.45) is 18.3 Å². The number of nitrogens with two attached hydrogens (primary N) is 1. The van der Waals surface area contributed by atoms with Gasteiger partial charge in [-0.05, 0) is 18.3 Å². The maximum atomic E-state index is 5.75. The average molecular weight is 222 g/mol. The molecule has 0 bridgehead atoms. The van der Waals surface area contributed by atoms with Gasteiger partial charge in [0.15, 0.2) is 0 Å². The number of hydrogen-bond donors (Lipinski definition) is 2. The normalized spacial score (nSPS) is 21.9. The lowest BCUT2D eigenvalue weighted by atomic mass is 9.70. The molecule has 0 aliphatic heterocycles. The van der Waals surface area contributed by atoms with E-state index in [1.807, 2.05) is 19.4 Å². The van der Waals surface area contributed by atoms with E-state index < -0.39 is 0 Å². The van der Waals surface area contributed by atoms with Crippen molar-refractivity contribution in [1.29, 1.82) is 0 Å². The van der Waals surface area contributed by atoms with E-state index in [0.717, 1.165) is 5.82 Å². The molecule has 1 aromatic heterocycles. The molecule has 1 aromatic rings. The van der Waals surface area contributed by atoms with Crippen LogP contribution in [-0.4, -0.2) is 9.55 Å². The van der Waals surface area contributed by atoms with Crippen LogP contribution in [0.5, 0.6) is 0 Å². The lowest BCUT2D eigenvalue weighted by molar-refractivity contribution is 0.137. The lowest BCUT2D eigenvalue weighted by Gasteiger charge is -2.39. The van der Waals surface area contributed by atoms with Crippen molar-refractivity contribution in [3.8, 4) is 0 Å². The third-order valence-electron chi connectivity index (χ3n) is 3.98. The Bertz CT molecular complexity index is 339. The largest absolute Gasteiger partial charge is 0.337 e. The highest BCUT2D eigenvalue weighted by Crippen LogP contribution is 2.44. The zero-order valence-corrected chi connectivity index (χ0v) is 10.2. The first kappa shape index (κ1) is 11.6. The summed E-state index contributed by atoms with van der Waals surface area (Å²) in [6.07, 6.45) is 10.2. The predicted molar refractivity (Wildman–Crippen MR) is 64.5 cm³/mol. The molecule has 0 spiro atoms. The van der Waals surface area contributed by atoms with Crippen molar-refractivity contribution in [1.82, 2.24) is 15.0 Å². The van der Waals surface area contributed by atoms with E-state index >= 15 is 0 Å². The van der Waals surface area contributed by atoms with E-state index in [0.29, 0.717) is 0 Å². The highest BCUT2D eigenvalue weighted by molar-refractivity contribution is 5.05. The molecule has 1 saturated carbocycles. The first-order valence-corrected chi connectivity index (χ1v) is 6.11. The predicted octanol–water partition coefficient (Wildman–Crippen LogP) is 1.89. The summed E-state index contributed by atoms with van der Waals surface area (Å²) in [7, 11) is 2.03. The van der Waals surface area contributed by atoms with Gasteiger partial charge in [0, 0.05) is 19.4 Å². The molecule has 0 aromatic carbocycles. The standard InChI is InChI=1S/C12H22N4/c1-12(6-4-3-5-7-12)10(15-13)11-14-8-9-16(11)2/h8-10,15H,3-7,13H2,1-2H3. The number of rotatable bonds is 3. The fourth-order valence-corrected chi connectivity index (χ4v) is 2.89. The summed E-state index contributed by atoms with van der Waals surface area (Å²) in [6.45, 7) is 2.32. The highest BCUT2D eigenvalue weighted by Gasteiger charge is 2.37. The molecule has 3 N–H and O–H groups in total. The number of aryl methyl sites for hydroxylation is 1. The van der Waals surface area contributed by atoms with Crippen LogP contribution in [0.25, 0.3) is 0 Å². The second-order valence-electron chi connectivity index (χ2n) is 5.21. The summed E-state index contributed by atoms with van der Waals surface area (Å²) in [4.78, 5) is 4.43. The van der Waals surface area contributed by atoms with Crippen molar-refractivity contribution in [3.63, 3.8) is 0 Å². The van der Waals surface area contributed by atoms with Gasteiger partial charge in [-0.15, -0.1) is 0 Å². The third-order valence-corrected chi connectivity index (χ3v) is 3.98. The number of imidazole rings is 1. The molecule has 1 heterocycles. The van der Waals surface area contributed by atoms with Gasteiger partial charge >= 0.3 is 0 Å². The van der Waals surface area contributed by atoms with E-state index in [2.05, 4.69) is 21.9 Å². The van der Waals surface area contributed by atoms with Crippen LogP contribution >= 0.6 is 0 Å². The topological polar surface area (TPSA) is 55.9 Å². The van der Waals surface area contributed by atoms with Crippen molar-refractivity contribution in [2.75, 3.05) is 0 Å². The fraction of sp³-hybridized carbons (Fsp3) is 0.750. The molecule has 1 unspecified atom stereocenters. The second kappa shape index (κ2) is 4.55. The lowest BCUT2D eigenvalue weighted by Crippen LogP contribution is -2.42. The molecule has 0 amide bonds. The molecule has 1 fully saturated rings. The molecule has 4 nitrogen and oxygen atoms in total. The summed E-state index contributed by atoms with van der Waals surface area (Å²) >= 11 is 0. The van der Waals surface area contributed by atoms with Gasteiger partial charge in [-0.25, -0.2) is 10.4 Å². The van der Waals surface area contributed by atoms with Gasteiger partial charge in [0.2, 0.25) is 0 Å². The van der Waals surface area contributed by atoms with Gasteiger partial charge in [0.1, 0.15) is 5.82 Å². The molecule has 16 heavy (non-hydrogen) atoms. The molecular formula is C12H22N4. The summed E-state index contributed by atoms with van der Waals surface area (Å²) in [5.41, 5.74) is 3.21. The van der Waals surface area contributed by atoms with E-state index in [-0.39, 0.29) is 11.5 Å². The van der Waals surface area contributed by atoms with Crippen LogP contribution in [0.1, 0.15) is 50.9 Å². The molecule has 90 valence electrons. The van der Waals surface area contributed by atoms with Gasteiger partial charge in [0.05, 0.1) is 6.04 Å². The van der Waals surface area contributed by atoms with E-state index in [4.69, 9.17) is 5.84 Å². The SMILES string of the molecule is Cn1ccnc1C(NN)C1(C)CCCCC1. The summed E-state index contributed by atoms with van der Waals surface area (Å²) in [5.74, 6) is 6.79. The quantitative estimate of drug-likeness (QED) is 0.606. The van der Waals surface area contributed by atoms with E-state index in [1.54, 1.807) is 0 Å². The molecule has 2 rings (SSSR count). The fourth-order valence-electron chi connectivity index (χ4n) is 2.89. The van der Waals surface area contributed by atoms with E-state index in [1.165, 1.54) is 32.1 Å². The smallest absolute Gasteiger partial charge is 0.127 e. The van der Waals surface area contributed by atoms with Crippen molar-refractivity contribution >= 4 is 0 Å². The highest BCUT2D eigenvalue weighted by atomic mass is 15.3. The Morgan fingerprint density at radius 2 is 2.12 bits per heavy atom. The van der Waals surface area contributed by atoms with Gasteiger partial charge in [-0.2, -0.15) is 0 Å². The molecule has 0 radical (unpaired) electrons. The van der Waals surface area contributed by atoms with Crippen LogP contribution in [0.15, 0.2) is 12.4 Å². The van der Waals surface area contributed by atoms with Crippen molar-refractivity contribution in [2.45, 2.75) is 45.1 Å². The van der Waals surface area contributed by atoms with Crippen LogP contribution in [0.3, 0.4) is 0 Å². The summed E-state index contributed by atoms with van der Waals surface area (Å²) < 4.78 is 2.06. The maximum Gasteiger partial charge on any atom is 0.127 e. The van der Waals surface area contributed by atoms with Gasteiger partial charge in [-0.3, -0.25) is 5.84 Å². The van der Waals surface area contributed by atoms with Gasteiger partial charge in [-0.1, -0.05) is 26.2 Å². The van der Waals surface area contributed by atoms with E-state index in [9.17, 15) is 0 Å². The van der Waals surface area contributed by atoms with Crippen LogP contribution in [0.2, 0.25) is 0 Å². The number of hydrazine groups is 1. The minimum Gasteiger partial charge on any atom is -0.337 e. The third kappa shape index (κ3) is 1.99. The summed E-state index contributed by atoms with van der Waals surface area (Å²) in [6, 6.07) is 0.160. The molecule has 1 atom stereocenters. The summed E-state index contributed by atoms with van der Waals surface area (Å²) in [5, 5.41) is 0. The second-order valence-corrected chi connectivity index (χ2v) is 5.21.